The number of hydrogen-bond donors (Lipinski definition) is 1. The number of rotatable bonds is 4. The van der Waals surface area contributed by atoms with Gasteiger partial charge in [-0.15, -0.1) is 5.10 Å². The number of aryl methyl sites for hydroxylation is 1. The maximum Gasteiger partial charge on any atom is 0.238 e. The van der Waals surface area contributed by atoms with E-state index in [1.165, 1.54) is 0 Å². The van der Waals surface area contributed by atoms with Gasteiger partial charge in [-0.2, -0.15) is 5.21 Å². The zero-order chi connectivity index (χ0) is 10.7. The molecule has 8 nitrogen and oxygen atoms in total. The summed E-state index contributed by atoms with van der Waals surface area (Å²) < 4.78 is 3.73. The lowest BCUT2D eigenvalue weighted by molar-refractivity contribution is 0.524. The van der Waals surface area contributed by atoms with Gasteiger partial charge in [0.1, 0.15) is 6.54 Å². The highest BCUT2D eigenvalue weighted by molar-refractivity contribution is 7.71. The molecule has 0 fully saturated rings. The molecular weight excluding hydrogens is 216 g/mol. The second-order valence-corrected chi connectivity index (χ2v) is 3.35. The molecule has 2 heterocycles. The molecule has 0 aliphatic heterocycles. The first-order valence-corrected chi connectivity index (χ1v) is 4.95. The van der Waals surface area contributed by atoms with E-state index in [0.29, 0.717) is 11.3 Å². The zero-order valence-electron chi connectivity index (χ0n) is 8.16. The molecule has 9 heteroatoms. The van der Waals surface area contributed by atoms with Crippen molar-refractivity contribution in [1.29, 1.82) is 0 Å². The molecule has 2 aromatic heterocycles. The maximum absolute atomic E-state index is 4.95. The Kier molecular flexibility index (Phi) is 2.81. The summed E-state index contributed by atoms with van der Waals surface area (Å²) in [6.07, 6.45) is 0.977. The average molecular weight is 226 g/mol. The minimum Gasteiger partial charge on any atom is -0.235 e. The van der Waals surface area contributed by atoms with E-state index in [1.807, 2.05) is 0 Å². The molecule has 2 aromatic rings. The van der Waals surface area contributed by atoms with Crippen molar-refractivity contribution >= 4 is 12.2 Å². The van der Waals surface area contributed by atoms with Gasteiger partial charge in [0.15, 0.2) is 5.82 Å². The van der Waals surface area contributed by atoms with Gasteiger partial charge in [-0.25, -0.2) is 9.36 Å². The highest BCUT2D eigenvalue weighted by Crippen LogP contribution is 1.97. The van der Waals surface area contributed by atoms with Gasteiger partial charge in [-0.3, -0.25) is 0 Å². The van der Waals surface area contributed by atoms with Crippen molar-refractivity contribution in [2.24, 2.45) is 0 Å². The number of aromatic nitrogens is 8. The highest BCUT2D eigenvalue weighted by Gasteiger charge is 2.06. The van der Waals surface area contributed by atoms with Gasteiger partial charge in [0, 0.05) is 6.54 Å². The Labute approximate surface area is 90.3 Å². The van der Waals surface area contributed by atoms with Gasteiger partial charge in [-0.05, 0) is 29.1 Å². The molecule has 80 valence electrons. The number of hydrogen-bond acceptors (Lipinski definition) is 6. The van der Waals surface area contributed by atoms with Crippen LogP contribution in [0.4, 0.5) is 0 Å². The minimum atomic E-state index is 0.390. The maximum atomic E-state index is 4.95. The fourth-order valence-electron chi connectivity index (χ4n) is 1.18. The summed E-state index contributed by atoms with van der Waals surface area (Å²) in [6.45, 7) is 3.31. The second-order valence-electron chi connectivity index (χ2n) is 2.99. The molecule has 0 spiro atoms. The van der Waals surface area contributed by atoms with E-state index < -0.39 is 0 Å². The minimum absolute atomic E-state index is 0.390. The normalized spacial score (nSPS) is 10.7. The van der Waals surface area contributed by atoms with Gasteiger partial charge in [0.25, 0.3) is 0 Å². The molecule has 0 atom stereocenters. The third-order valence-corrected chi connectivity index (χ3v) is 2.17. The van der Waals surface area contributed by atoms with Crippen LogP contribution in [0.5, 0.6) is 0 Å². The number of nitrogens with zero attached hydrogens (tertiary/aromatic N) is 7. The van der Waals surface area contributed by atoms with E-state index in [4.69, 9.17) is 12.2 Å². The Hall–Kier alpha value is -1.64. The molecule has 0 aliphatic carbocycles. The molecule has 0 saturated carbocycles. The third kappa shape index (κ3) is 2.06. The largest absolute Gasteiger partial charge is 0.238 e. The summed E-state index contributed by atoms with van der Waals surface area (Å²) in [6, 6.07) is 0. The summed E-state index contributed by atoms with van der Waals surface area (Å²) >= 11 is 4.95. The molecule has 15 heavy (non-hydrogen) atoms. The van der Waals surface area contributed by atoms with Crippen LogP contribution in [0.2, 0.25) is 0 Å². The Morgan fingerprint density at radius 2 is 2.27 bits per heavy atom. The molecular formula is C6H10N8S. The van der Waals surface area contributed by atoms with E-state index in [-0.39, 0.29) is 0 Å². The SMILES string of the molecule is CCCn1nnnc1Cn1[nH]nnc1=S. The summed E-state index contributed by atoms with van der Waals surface area (Å²) in [5, 5.41) is 21.3. The van der Waals surface area contributed by atoms with E-state index in [1.54, 1.807) is 9.36 Å². The van der Waals surface area contributed by atoms with Crippen LogP contribution in [-0.2, 0) is 13.1 Å². The third-order valence-electron chi connectivity index (χ3n) is 1.87. The fraction of sp³-hybridized carbons (Fsp3) is 0.667. The van der Waals surface area contributed by atoms with Crippen LogP contribution in [0.1, 0.15) is 19.2 Å². The van der Waals surface area contributed by atoms with Crippen LogP contribution in [0, 0.1) is 4.77 Å². The molecule has 0 aliphatic rings. The topological polar surface area (TPSA) is 90.1 Å². The molecule has 1 N–H and O–H groups in total. The predicted molar refractivity (Wildman–Crippen MR) is 52.4 cm³/mol. The Balaban J connectivity index is 2.21. The Bertz CT molecular complexity index is 481. The number of tetrazole rings is 2. The van der Waals surface area contributed by atoms with Crippen molar-refractivity contribution in [2.45, 2.75) is 26.4 Å². The van der Waals surface area contributed by atoms with Gasteiger partial charge < -0.3 is 0 Å². The van der Waals surface area contributed by atoms with Crippen molar-refractivity contribution in [3.8, 4) is 0 Å². The lowest BCUT2D eigenvalue weighted by Crippen LogP contribution is -2.11. The second kappa shape index (κ2) is 4.26. The van der Waals surface area contributed by atoms with Gasteiger partial charge in [0.2, 0.25) is 4.77 Å². The van der Waals surface area contributed by atoms with Gasteiger partial charge in [-0.1, -0.05) is 17.2 Å². The fourth-order valence-corrected chi connectivity index (χ4v) is 1.33. The van der Waals surface area contributed by atoms with Crippen LogP contribution in [0.15, 0.2) is 0 Å². The molecule has 0 unspecified atom stereocenters. The molecule has 2 rings (SSSR count). The Morgan fingerprint density at radius 1 is 1.40 bits per heavy atom. The van der Waals surface area contributed by atoms with E-state index in [9.17, 15) is 0 Å². The molecule has 0 radical (unpaired) electrons. The zero-order valence-corrected chi connectivity index (χ0v) is 8.98. The van der Waals surface area contributed by atoms with Crippen molar-refractivity contribution < 1.29 is 0 Å². The molecule has 0 saturated heterocycles. The van der Waals surface area contributed by atoms with Crippen LogP contribution in [-0.4, -0.2) is 40.4 Å². The van der Waals surface area contributed by atoms with Crippen molar-refractivity contribution in [3.05, 3.63) is 10.6 Å². The standard InChI is InChI=1S/C6H10N8S/c1-2-3-13-5(7-9-11-13)4-14-6(15)8-10-12-14/h2-4H2,1H3,(H,8,12,15). The predicted octanol–water partition coefficient (Wildman–Crippen LogP) is -0.220. The lowest BCUT2D eigenvalue weighted by atomic mass is 10.5. The van der Waals surface area contributed by atoms with Crippen molar-refractivity contribution in [1.82, 2.24) is 40.4 Å². The van der Waals surface area contributed by atoms with E-state index >= 15 is 0 Å². The average Bonchev–Trinajstić information content (AvgIpc) is 2.80. The first-order chi connectivity index (χ1) is 7.31. The number of H-pyrrole nitrogens is 1. The highest BCUT2D eigenvalue weighted by atomic mass is 32.1. The summed E-state index contributed by atoms with van der Waals surface area (Å²) in [7, 11) is 0. The number of nitrogens with one attached hydrogen (secondary N) is 1. The van der Waals surface area contributed by atoms with Crippen LogP contribution < -0.4 is 0 Å². The molecule has 0 bridgehead atoms. The van der Waals surface area contributed by atoms with Crippen LogP contribution in [0.3, 0.4) is 0 Å². The van der Waals surface area contributed by atoms with Gasteiger partial charge in [0.05, 0.1) is 0 Å². The monoisotopic (exact) mass is 226 g/mol. The first kappa shape index (κ1) is 9.90. The van der Waals surface area contributed by atoms with Crippen molar-refractivity contribution in [3.63, 3.8) is 0 Å². The Morgan fingerprint density at radius 3 is 2.93 bits per heavy atom. The quantitative estimate of drug-likeness (QED) is 0.725. The molecule has 0 aromatic carbocycles. The lowest BCUT2D eigenvalue weighted by Gasteiger charge is -2.01. The smallest absolute Gasteiger partial charge is 0.235 e. The van der Waals surface area contributed by atoms with Gasteiger partial charge >= 0.3 is 0 Å². The summed E-state index contributed by atoms with van der Waals surface area (Å²) in [5.74, 6) is 0.735. The van der Waals surface area contributed by atoms with Crippen LogP contribution in [0.25, 0.3) is 0 Å². The summed E-state index contributed by atoms with van der Waals surface area (Å²) in [4.78, 5) is 0. The number of aromatic amines is 1. The molecule has 0 amide bonds. The van der Waals surface area contributed by atoms with E-state index in [2.05, 4.69) is 38.0 Å². The van der Waals surface area contributed by atoms with Crippen molar-refractivity contribution in [2.75, 3.05) is 0 Å². The summed E-state index contributed by atoms with van der Waals surface area (Å²) in [5.41, 5.74) is 0. The first-order valence-electron chi connectivity index (χ1n) is 4.54. The van der Waals surface area contributed by atoms with E-state index in [0.717, 1.165) is 18.8 Å². The van der Waals surface area contributed by atoms with Crippen LogP contribution >= 0.6 is 12.2 Å².